The molecule has 0 aromatic rings. The first-order chi connectivity index (χ1) is 8.83. The Hall–Kier alpha value is -0.120. The van der Waals surface area contributed by atoms with Crippen molar-refractivity contribution in [1.29, 1.82) is 0 Å². The maximum absolute atomic E-state index is 3.54. The molecule has 114 valence electrons. The highest BCUT2D eigenvalue weighted by Gasteiger charge is 2.32. The minimum atomic E-state index is 0.322. The average Bonchev–Trinajstić information content (AvgIpc) is 2.31. The van der Waals surface area contributed by atoms with E-state index in [1.807, 2.05) is 0 Å². The molecular weight excluding hydrogens is 234 g/mol. The van der Waals surface area contributed by atoms with Gasteiger partial charge in [-0.15, -0.1) is 0 Å². The van der Waals surface area contributed by atoms with Crippen LogP contribution in [0.3, 0.4) is 0 Å². The lowest BCUT2D eigenvalue weighted by Crippen LogP contribution is -2.59. The predicted molar refractivity (Wildman–Crippen MR) is 84.7 cm³/mol. The van der Waals surface area contributed by atoms with Gasteiger partial charge in [-0.1, -0.05) is 13.8 Å². The van der Waals surface area contributed by atoms with Gasteiger partial charge >= 0.3 is 0 Å². The van der Waals surface area contributed by atoms with Crippen LogP contribution in [0.15, 0.2) is 0 Å². The summed E-state index contributed by atoms with van der Waals surface area (Å²) in [5.41, 5.74) is 0.322. The van der Waals surface area contributed by atoms with Gasteiger partial charge in [0, 0.05) is 31.2 Å². The molecule has 19 heavy (non-hydrogen) atoms. The van der Waals surface area contributed by atoms with Crippen molar-refractivity contribution in [2.45, 2.75) is 59.0 Å². The summed E-state index contributed by atoms with van der Waals surface area (Å²) >= 11 is 0. The van der Waals surface area contributed by atoms with E-state index >= 15 is 0 Å². The Bertz CT molecular complexity index is 250. The van der Waals surface area contributed by atoms with E-state index in [2.05, 4.69) is 56.8 Å². The molecule has 0 aromatic carbocycles. The number of rotatable bonds is 7. The molecule has 1 atom stereocenters. The van der Waals surface area contributed by atoms with Crippen LogP contribution in [0.1, 0.15) is 47.5 Å². The Morgan fingerprint density at radius 2 is 1.84 bits per heavy atom. The van der Waals surface area contributed by atoms with Gasteiger partial charge in [-0.2, -0.15) is 0 Å². The first kappa shape index (κ1) is 16.9. The van der Waals surface area contributed by atoms with Crippen LogP contribution >= 0.6 is 0 Å². The summed E-state index contributed by atoms with van der Waals surface area (Å²) in [5.74, 6) is 0.760. The Labute approximate surface area is 120 Å². The Morgan fingerprint density at radius 1 is 1.16 bits per heavy atom. The van der Waals surface area contributed by atoms with E-state index in [9.17, 15) is 0 Å². The topological polar surface area (TPSA) is 18.5 Å². The molecule has 0 aromatic heterocycles. The van der Waals surface area contributed by atoms with Crippen LogP contribution in [0, 0.1) is 5.92 Å². The Kier molecular flexibility index (Phi) is 6.78. The highest BCUT2D eigenvalue weighted by atomic mass is 15.3. The van der Waals surface area contributed by atoms with Gasteiger partial charge in [-0.25, -0.2) is 0 Å². The average molecular weight is 269 g/mol. The zero-order chi connectivity index (χ0) is 14.5. The van der Waals surface area contributed by atoms with Gasteiger partial charge in [-0.05, 0) is 59.7 Å². The van der Waals surface area contributed by atoms with Gasteiger partial charge in [-0.3, -0.25) is 9.80 Å². The van der Waals surface area contributed by atoms with Crippen molar-refractivity contribution in [3.8, 4) is 0 Å². The quantitative estimate of drug-likeness (QED) is 0.716. The normalized spacial score (nSPS) is 22.9. The number of nitrogens with one attached hydrogen (secondary N) is 1. The molecule has 3 heteroatoms. The van der Waals surface area contributed by atoms with E-state index in [0.717, 1.165) is 12.5 Å². The van der Waals surface area contributed by atoms with E-state index in [0.29, 0.717) is 11.6 Å². The van der Waals surface area contributed by atoms with Crippen molar-refractivity contribution >= 4 is 0 Å². The fourth-order valence-corrected chi connectivity index (χ4v) is 2.75. The first-order valence-corrected chi connectivity index (χ1v) is 7.99. The van der Waals surface area contributed by atoms with E-state index in [1.54, 1.807) is 0 Å². The standard InChI is InChI=1S/C16H35N3/c1-14(2)12-17-9-7-8-15(3)19-11-10-18(6)16(4,5)13-19/h14-15,17H,7-13H2,1-6H3. The Balaban J connectivity index is 2.21. The van der Waals surface area contributed by atoms with Crippen LogP contribution in [-0.4, -0.2) is 61.2 Å². The van der Waals surface area contributed by atoms with Crippen molar-refractivity contribution < 1.29 is 0 Å². The monoisotopic (exact) mass is 269 g/mol. The fraction of sp³-hybridized carbons (Fsp3) is 1.00. The van der Waals surface area contributed by atoms with Crippen LogP contribution in [0.2, 0.25) is 0 Å². The molecule has 0 bridgehead atoms. The summed E-state index contributed by atoms with van der Waals surface area (Å²) in [5, 5.41) is 3.54. The van der Waals surface area contributed by atoms with E-state index < -0.39 is 0 Å². The summed E-state index contributed by atoms with van der Waals surface area (Å²) in [7, 11) is 2.25. The number of likely N-dealkylation sites (N-methyl/N-ethyl adjacent to an activating group) is 1. The van der Waals surface area contributed by atoms with E-state index in [-0.39, 0.29) is 0 Å². The zero-order valence-corrected chi connectivity index (χ0v) is 14.0. The number of hydrogen-bond donors (Lipinski definition) is 1. The summed E-state index contributed by atoms with van der Waals surface area (Å²) in [6, 6.07) is 0.717. The molecular formula is C16H35N3. The molecule has 0 radical (unpaired) electrons. The molecule has 1 heterocycles. The third kappa shape index (κ3) is 5.80. The maximum atomic E-state index is 3.54. The van der Waals surface area contributed by atoms with E-state index in [1.165, 1.54) is 39.0 Å². The minimum Gasteiger partial charge on any atom is -0.316 e. The summed E-state index contributed by atoms with van der Waals surface area (Å²) in [6.45, 7) is 17.6. The smallest absolute Gasteiger partial charge is 0.0277 e. The van der Waals surface area contributed by atoms with Crippen LogP contribution in [0.5, 0.6) is 0 Å². The lowest BCUT2D eigenvalue weighted by Gasteiger charge is -2.47. The fourth-order valence-electron chi connectivity index (χ4n) is 2.75. The van der Waals surface area contributed by atoms with Crippen molar-refractivity contribution in [3.05, 3.63) is 0 Å². The Morgan fingerprint density at radius 3 is 2.42 bits per heavy atom. The molecule has 0 amide bonds. The largest absolute Gasteiger partial charge is 0.316 e. The zero-order valence-electron chi connectivity index (χ0n) is 14.0. The van der Waals surface area contributed by atoms with Gasteiger partial charge in [0.25, 0.3) is 0 Å². The van der Waals surface area contributed by atoms with Crippen molar-refractivity contribution in [2.75, 3.05) is 39.8 Å². The molecule has 3 nitrogen and oxygen atoms in total. The van der Waals surface area contributed by atoms with Gasteiger partial charge in [0.05, 0.1) is 0 Å². The first-order valence-electron chi connectivity index (χ1n) is 7.99. The SMILES string of the molecule is CC(C)CNCCCC(C)N1CCN(C)C(C)(C)C1. The van der Waals surface area contributed by atoms with Crippen LogP contribution < -0.4 is 5.32 Å². The molecule has 1 N–H and O–H groups in total. The molecule has 1 rings (SSSR count). The van der Waals surface area contributed by atoms with Gasteiger partial charge < -0.3 is 5.32 Å². The van der Waals surface area contributed by atoms with Crippen LogP contribution in [0.4, 0.5) is 0 Å². The highest BCUT2D eigenvalue weighted by molar-refractivity contribution is 4.89. The second kappa shape index (κ2) is 7.61. The predicted octanol–water partition coefficient (Wildman–Crippen LogP) is 2.43. The third-order valence-corrected chi connectivity index (χ3v) is 4.50. The second-order valence-electron chi connectivity index (χ2n) is 7.29. The van der Waals surface area contributed by atoms with Crippen molar-refractivity contribution in [1.82, 2.24) is 15.1 Å². The molecule has 1 aliphatic heterocycles. The lowest BCUT2D eigenvalue weighted by molar-refractivity contribution is 0.0185. The van der Waals surface area contributed by atoms with Crippen molar-refractivity contribution in [3.63, 3.8) is 0 Å². The summed E-state index contributed by atoms with van der Waals surface area (Å²) in [4.78, 5) is 5.16. The van der Waals surface area contributed by atoms with Gasteiger partial charge in [0.1, 0.15) is 0 Å². The molecule has 1 fully saturated rings. The summed E-state index contributed by atoms with van der Waals surface area (Å²) < 4.78 is 0. The summed E-state index contributed by atoms with van der Waals surface area (Å²) in [6.07, 6.45) is 2.60. The van der Waals surface area contributed by atoms with Crippen LogP contribution in [-0.2, 0) is 0 Å². The minimum absolute atomic E-state index is 0.322. The molecule has 0 spiro atoms. The number of hydrogen-bond acceptors (Lipinski definition) is 3. The van der Waals surface area contributed by atoms with Crippen LogP contribution in [0.25, 0.3) is 0 Å². The second-order valence-corrected chi connectivity index (χ2v) is 7.29. The maximum Gasteiger partial charge on any atom is 0.0277 e. The molecule has 1 saturated heterocycles. The molecule has 0 saturated carbocycles. The number of piperazine rings is 1. The number of nitrogens with zero attached hydrogens (tertiary/aromatic N) is 2. The lowest BCUT2D eigenvalue weighted by atomic mass is 9.97. The molecule has 1 aliphatic rings. The molecule has 0 aliphatic carbocycles. The van der Waals surface area contributed by atoms with Crippen molar-refractivity contribution in [2.24, 2.45) is 5.92 Å². The third-order valence-electron chi connectivity index (χ3n) is 4.50. The van der Waals surface area contributed by atoms with Gasteiger partial charge in [0.15, 0.2) is 0 Å². The molecule has 1 unspecified atom stereocenters. The van der Waals surface area contributed by atoms with E-state index in [4.69, 9.17) is 0 Å². The highest BCUT2D eigenvalue weighted by Crippen LogP contribution is 2.21. The van der Waals surface area contributed by atoms with Gasteiger partial charge in [0.2, 0.25) is 0 Å².